The molecule has 1 nitrogen and oxygen atoms in total. The van der Waals surface area contributed by atoms with Gasteiger partial charge in [-0.05, 0) is 31.4 Å². The topological polar surface area (TPSA) is 20.2 Å². The molecule has 78 valence electrons. The molecule has 1 N–H and O–H groups in total. The van der Waals surface area contributed by atoms with Gasteiger partial charge in [-0.1, -0.05) is 17.7 Å². The lowest BCUT2D eigenvalue weighted by Gasteiger charge is -2.06. The number of hydrogen-bond donors (Lipinski definition) is 1. The average molecular weight is 221 g/mol. The van der Waals surface area contributed by atoms with Crippen LogP contribution in [0.5, 0.6) is 0 Å². The lowest BCUT2D eigenvalue weighted by atomic mass is 10.1. The SMILES string of the molecule is C[C@H](O)CCc1ccc(F)c(Cl)c1F. The van der Waals surface area contributed by atoms with E-state index < -0.39 is 22.8 Å². The second-order valence-electron chi connectivity index (χ2n) is 3.22. The summed E-state index contributed by atoms with van der Waals surface area (Å²) in [6.07, 6.45) is 0.278. The van der Waals surface area contributed by atoms with Gasteiger partial charge >= 0.3 is 0 Å². The monoisotopic (exact) mass is 220 g/mol. The zero-order chi connectivity index (χ0) is 10.7. The molecule has 0 aliphatic carbocycles. The Hall–Kier alpha value is -0.670. The normalized spacial score (nSPS) is 12.9. The first-order valence-electron chi connectivity index (χ1n) is 4.32. The van der Waals surface area contributed by atoms with Gasteiger partial charge in [0, 0.05) is 0 Å². The highest BCUT2D eigenvalue weighted by atomic mass is 35.5. The van der Waals surface area contributed by atoms with E-state index in [2.05, 4.69) is 0 Å². The van der Waals surface area contributed by atoms with Gasteiger partial charge in [0.05, 0.1) is 6.10 Å². The van der Waals surface area contributed by atoms with E-state index in [9.17, 15) is 8.78 Å². The molecule has 0 unspecified atom stereocenters. The molecule has 0 saturated carbocycles. The molecule has 0 fully saturated rings. The lowest BCUT2D eigenvalue weighted by Crippen LogP contribution is -2.03. The third-order valence-corrected chi connectivity index (χ3v) is 2.29. The van der Waals surface area contributed by atoms with Crippen LogP contribution < -0.4 is 0 Å². The van der Waals surface area contributed by atoms with Crippen molar-refractivity contribution in [2.24, 2.45) is 0 Å². The predicted octanol–water partition coefficient (Wildman–Crippen LogP) is 2.93. The molecule has 0 heterocycles. The predicted molar refractivity (Wildman–Crippen MR) is 51.4 cm³/mol. The summed E-state index contributed by atoms with van der Waals surface area (Å²) in [5.41, 5.74) is 0.331. The second kappa shape index (κ2) is 4.71. The van der Waals surface area contributed by atoms with Gasteiger partial charge in [-0.15, -0.1) is 0 Å². The van der Waals surface area contributed by atoms with Crippen molar-refractivity contribution in [1.82, 2.24) is 0 Å². The molecule has 0 amide bonds. The molecule has 1 aromatic carbocycles. The van der Waals surface area contributed by atoms with E-state index in [-0.39, 0.29) is 0 Å². The van der Waals surface area contributed by atoms with Crippen molar-refractivity contribution in [2.45, 2.75) is 25.9 Å². The number of aliphatic hydroxyl groups is 1. The van der Waals surface area contributed by atoms with Gasteiger partial charge in [0.25, 0.3) is 0 Å². The van der Waals surface area contributed by atoms with Crippen LogP contribution in [0.15, 0.2) is 12.1 Å². The number of rotatable bonds is 3. The van der Waals surface area contributed by atoms with Crippen LogP contribution in [-0.4, -0.2) is 11.2 Å². The second-order valence-corrected chi connectivity index (χ2v) is 3.60. The Balaban J connectivity index is 2.83. The maximum absolute atomic E-state index is 13.3. The number of hydrogen-bond acceptors (Lipinski definition) is 1. The van der Waals surface area contributed by atoms with Crippen molar-refractivity contribution >= 4 is 11.6 Å². The quantitative estimate of drug-likeness (QED) is 0.777. The largest absolute Gasteiger partial charge is 0.393 e. The van der Waals surface area contributed by atoms with Crippen LogP contribution in [0.4, 0.5) is 8.78 Å². The first kappa shape index (κ1) is 11.4. The zero-order valence-corrected chi connectivity index (χ0v) is 8.48. The van der Waals surface area contributed by atoms with Crippen molar-refractivity contribution < 1.29 is 13.9 Å². The van der Waals surface area contributed by atoms with E-state index in [4.69, 9.17) is 16.7 Å². The minimum absolute atomic E-state index is 0.331. The first-order valence-corrected chi connectivity index (χ1v) is 4.70. The minimum atomic E-state index is -0.759. The fourth-order valence-corrected chi connectivity index (χ4v) is 1.31. The van der Waals surface area contributed by atoms with Gasteiger partial charge < -0.3 is 5.11 Å². The molecule has 0 aliphatic heterocycles. The summed E-state index contributed by atoms with van der Waals surface area (Å²) in [5, 5.41) is 8.52. The summed E-state index contributed by atoms with van der Waals surface area (Å²) < 4.78 is 26.0. The van der Waals surface area contributed by atoms with Crippen molar-refractivity contribution in [3.63, 3.8) is 0 Å². The molecular formula is C10H11ClF2O. The van der Waals surface area contributed by atoms with Gasteiger partial charge in [-0.3, -0.25) is 0 Å². The summed E-state index contributed by atoms with van der Waals surface area (Å²) in [5.74, 6) is -1.49. The zero-order valence-electron chi connectivity index (χ0n) is 7.73. The van der Waals surface area contributed by atoms with Crippen LogP contribution >= 0.6 is 11.6 Å². The highest BCUT2D eigenvalue weighted by molar-refractivity contribution is 6.30. The van der Waals surface area contributed by atoms with Crippen molar-refractivity contribution in [1.29, 1.82) is 0 Å². The molecule has 1 rings (SSSR count). The maximum atomic E-state index is 13.3. The molecule has 0 radical (unpaired) electrons. The summed E-state index contributed by atoms with van der Waals surface area (Å²) in [6, 6.07) is 2.47. The van der Waals surface area contributed by atoms with Crippen molar-refractivity contribution in [2.75, 3.05) is 0 Å². The maximum Gasteiger partial charge on any atom is 0.147 e. The van der Waals surface area contributed by atoms with Gasteiger partial charge in [-0.25, -0.2) is 8.78 Å². The van der Waals surface area contributed by atoms with Gasteiger partial charge in [-0.2, -0.15) is 0 Å². The highest BCUT2D eigenvalue weighted by Gasteiger charge is 2.11. The van der Waals surface area contributed by atoms with E-state index >= 15 is 0 Å². The Labute approximate surface area is 86.3 Å². The van der Waals surface area contributed by atoms with Crippen LogP contribution in [0.25, 0.3) is 0 Å². The van der Waals surface area contributed by atoms with Crippen molar-refractivity contribution in [3.8, 4) is 0 Å². The molecule has 4 heteroatoms. The standard InChI is InChI=1S/C10H11ClF2O/c1-6(14)2-3-7-4-5-8(12)9(11)10(7)13/h4-6,14H,2-3H2,1H3/t6-/m0/s1. The summed E-state index contributed by atoms with van der Waals surface area (Å²) in [6.45, 7) is 1.61. The third kappa shape index (κ3) is 2.66. The summed E-state index contributed by atoms with van der Waals surface area (Å²) in [7, 11) is 0. The fourth-order valence-electron chi connectivity index (χ4n) is 1.12. The first-order chi connectivity index (χ1) is 6.52. The Bertz CT molecular complexity index is 326. The Kier molecular flexibility index (Phi) is 3.84. The van der Waals surface area contributed by atoms with E-state index in [1.807, 2.05) is 0 Å². The molecule has 1 aromatic rings. The van der Waals surface area contributed by atoms with E-state index in [1.165, 1.54) is 6.07 Å². The molecule has 0 spiro atoms. The number of aryl methyl sites for hydroxylation is 1. The molecule has 0 saturated heterocycles. The molecule has 0 aliphatic rings. The van der Waals surface area contributed by atoms with E-state index in [0.29, 0.717) is 18.4 Å². The summed E-state index contributed by atoms with van der Waals surface area (Å²) >= 11 is 5.39. The van der Waals surface area contributed by atoms with Crippen LogP contribution in [0.1, 0.15) is 18.9 Å². The van der Waals surface area contributed by atoms with Crippen LogP contribution in [-0.2, 0) is 6.42 Å². The van der Waals surface area contributed by atoms with E-state index in [0.717, 1.165) is 6.07 Å². The number of halogens is 3. The minimum Gasteiger partial charge on any atom is -0.393 e. The van der Waals surface area contributed by atoms with Gasteiger partial charge in [0.1, 0.15) is 16.7 Å². The highest BCUT2D eigenvalue weighted by Crippen LogP contribution is 2.22. The lowest BCUT2D eigenvalue weighted by molar-refractivity contribution is 0.184. The van der Waals surface area contributed by atoms with Crippen LogP contribution in [0.3, 0.4) is 0 Å². The van der Waals surface area contributed by atoms with Crippen LogP contribution in [0, 0.1) is 11.6 Å². The number of aliphatic hydroxyl groups excluding tert-OH is 1. The molecular weight excluding hydrogens is 210 g/mol. The summed E-state index contributed by atoms with van der Waals surface area (Å²) in [4.78, 5) is 0. The molecule has 1 atom stereocenters. The number of benzene rings is 1. The van der Waals surface area contributed by atoms with Crippen LogP contribution in [0.2, 0.25) is 5.02 Å². The van der Waals surface area contributed by atoms with E-state index in [1.54, 1.807) is 6.92 Å². The molecule has 14 heavy (non-hydrogen) atoms. The fraction of sp³-hybridized carbons (Fsp3) is 0.400. The Morgan fingerprint density at radius 1 is 1.43 bits per heavy atom. The average Bonchev–Trinajstić information content (AvgIpc) is 2.13. The van der Waals surface area contributed by atoms with Crippen molar-refractivity contribution in [3.05, 3.63) is 34.4 Å². The molecule has 0 bridgehead atoms. The smallest absolute Gasteiger partial charge is 0.147 e. The Morgan fingerprint density at radius 2 is 2.07 bits per heavy atom. The van der Waals surface area contributed by atoms with Gasteiger partial charge in [0.2, 0.25) is 0 Å². The van der Waals surface area contributed by atoms with Gasteiger partial charge in [0.15, 0.2) is 0 Å². The Morgan fingerprint density at radius 3 is 2.64 bits per heavy atom. The third-order valence-electron chi connectivity index (χ3n) is 1.95. The molecule has 0 aromatic heterocycles.